The van der Waals surface area contributed by atoms with Crippen molar-refractivity contribution in [1.82, 2.24) is 24.6 Å². The average molecular weight is 473 g/mol. The number of ether oxygens (including phenoxy) is 1. The van der Waals surface area contributed by atoms with E-state index in [1.165, 1.54) is 17.4 Å². The van der Waals surface area contributed by atoms with Gasteiger partial charge < -0.3 is 4.74 Å². The lowest BCUT2D eigenvalue weighted by Gasteiger charge is -2.25. The van der Waals surface area contributed by atoms with Crippen LogP contribution in [-0.2, 0) is 16.1 Å². The number of morpholine rings is 1. The van der Waals surface area contributed by atoms with Gasteiger partial charge in [-0.25, -0.2) is 9.67 Å². The van der Waals surface area contributed by atoms with Crippen LogP contribution in [0.15, 0.2) is 72.5 Å². The summed E-state index contributed by atoms with van der Waals surface area (Å²) in [5.41, 5.74) is 4.34. The van der Waals surface area contributed by atoms with Gasteiger partial charge in [0.05, 0.1) is 24.6 Å². The maximum atomic E-state index is 12.6. The molecule has 0 atom stereocenters. The standard InChI is InChI=1S/C25H24N6O2S/c32-23(28-25-27-21(18-34-25)17-30-11-13-33-14-12-30)9-8-20-16-31(22-6-2-1-3-7-22)29-24(20)19-5-4-10-26-15-19/h1-10,15-16,18H,11-14,17H2,(H,27,28,32)/b9-8+. The van der Waals surface area contributed by atoms with Crippen LogP contribution in [0.4, 0.5) is 5.13 Å². The minimum absolute atomic E-state index is 0.239. The number of anilines is 1. The molecule has 5 rings (SSSR count). The van der Waals surface area contributed by atoms with E-state index >= 15 is 0 Å². The third-order valence-corrected chi connectivity index (χ3v) is 6.19. The molecule has 34 heavy (non-hydrogen) atoms. The van der Waals surface area contributed by atoms with Gasteiger partial charge in [-0.15, -0.1) is 11.3 Å². The second kappa shape index (κ2) is 10.5. The number of hydrogen-bond acceptors (Lipinski definition) is 7. The fraction of sp³-hybridized carbons (Fsp3) is 0.200. The maximum Gasteiger partial charge on any atom is 0.250 e. The monoisotopic (exact) mass is 472 g/mol. The molecule has 1 N–H and O–H groups in total. The van der Waals surface area contributed by atoms with Crippen molar-refractivity contribution in [2.75, 3.05) is 31.6 Å². The molecule has 0 saturated carbocycles. The predicted octanol–water partition coefficient (Wildman–Crippen LogP) is 3.87. The Bertz CT molecular complexity index is 1260. The van der Waals surface area contributed by atoms with Crippen molar-refractivity contribution in [2.45, 2.75) is 6.54 Å². The summed E-state index contributed by atoms with van der Waals surface area (Å²) in [6, 6.07) is 13.7. The molecule has 1 aliphatic heterocycles. The number of rotatable bonds is 7. The van der Waals surface area contributed by atoms with Crippen LogP contribution in [-0.4, -0.2) is 56.9 Å². The fourth-order valence-corrected chi connectivity index (χ4v) is 4.39. The summed E-state index contributed by atoms with van der Waals surface area (Å²) in [7, 11) is 0. The van der Waals surface area contributed by atoms with Gasteiger partial charge in [0.2, 0.25) is 5.91 Å². The highest BCUT2D eigenvalue weighted by Gasteiger charge is 2.14. The van der Waals surface area contributed by atoms with Crippen molar-refractivity contribution >= 4 is 28.5 Å². The van der Waals surface area contributed by atoms with Crippen LogP contribution in [0, 0.1) is 0 Å². The summed E-state index contributed by atoms with van der Waals surface area (Å²) in [6.07, 6.45) is 8.68. The molecule has 0 radical (unpaired) electrons. The van der Waals surface area contributed by atoms with Gasteiger partial charge in [0, 0.05) is 60.8 Å². The Hall–Kier alpha value is -3.66. The Morgan fingerprint density at radius 3 is 2.79 bits per heavy atom. The molecule has 1 aromatic carbocycles. The van der Waals surface area contributed by atoms with Crippen LogP contribution in [0.1, 0.15) is 11.3 Å². The lowest BCUT2D eigenvalue weighted by molar-refractivity contribution is -0.111. The Kier molecular flexibility index (Phi) is 6.85. The zero-order valence-electron chi connectivity index (χ0n) is 18.5. The zero-order valence-corrected chi connectivity index (χ0v) is 19.3. The van der Waals surface area contributed by atoms with E-state index in [0.29, 0.717) is 5.13 Å². The number of hydrogen-bond donors (Lipinski definition) is 1. The van der Waals surface area contributed by atoms with E-state index in [0.717, 1.165) is 61.1 Å². The topological polar surface area (TPSA) is 85.2 Å². The van der Waals surface area contributed by atoms with Gasteiger partial charge in [-0.2, -0.15) is 5.10 Å². The molecule has 1 aliphatic rings. The molecule has 4 aromatic rings. The average Bonchev–Trinajstić information content (AvgIpc) is 3.51. The van der Waals surface area contributed by atoms with Crippen molar-refractivity contribution in [3.05, 3.63) is 83.8 Å². The number of carbonyl (C=O) groups is 1. The summed E-state index contributed by atoms with van der Waals surface area (Å²) >= 11 is 1.43. The first kappa shape index (κ1) is 22.1. The molecule has 1 fully saturated rings. The Morgan fingerprint density at radius 2 is 2.00 bits per heavy atom. The second-order valence-electron chi connectivity index (χ2n) is 7.81. The highest BCUT2D eigenvalue weighted by Crippen LogP contribution is 2.24. The first-order valence-electron chi connectivity index (χ1n) is 11.0. The molecular weight excluding hydrogens is 448 g/mol. The van der Waals surface area contributed by atoms with Gasteiger partial charge in [-0.05, 0) is 30.3 Å². The summed E-state index contributed by atoms with van der Waals surface area (Å²) in [5, 5.41) is 10.2. The van der Waals surface area contributed by atoms with E-state index in [2.05, 4.69) is 20.2 Å². The molecule has 3 aromatic heterocycles. The van der Waals surface area contributed by atoms with Crippen LogP contribution in [0.25, 0.3) is 23.0 Å². The largest absolute Gasteiger partial charge is 0.379 e. The van der Waals surface area contributed by atoms with E-state index in [4.69, 9.17) is 9.84 Å². The summed E-state index contributed by atoms with van der Waals surface area (Å²) < 4.78 is 7.19. The third kappa shape index (κ3) is 5.45. The van der Waals surface area contributed by atoms with E-state index in [1.54, 1.807) is 23.2 Å². The Labute approximate surface area is 201 Å². The lowest BCUT2D eigenvalue weighted by Crippen LogP contribution is -2.35. The van der Waals surface area contributed by atoms with Crippen molar-refractivity contribution in [1.29, 1.82) is 0 Å². The summed E-state index contributed by atoms with van der Waals surface area (Å²) in [5.74, 6) is -0.239. The van der Waals surface area contributed by atoms with Crippen molar-refractivity contribution in [3.63, 3.8) is 0 Å². The minimum Gasteiger partial charge on any atom is -0.379 e. The number of benzene rings is 1. The van der Waals surface area contributed by atoms with Crippen LogP contribution >= 0.6 is 11.3 Å². The van der Waals surface area contributed by atoms with Gasteiger partial charge in [0.15, 0.2) is 5.13 Å². The number of nitrogens with zero attached hydrogens (tertiary/aromatic N) is 5. The van der Waals surface area contributed by atoms with E-state index < -0.39 is 0 Å². The molecule has 9 heteroatoms. The molecule has 0 spiro atoms. The Balaban J connectivity index is 1.30. The van der Waals surface area contributed by atoms with Crippen LogP contribution in [0.3, 0.4) is 0 Å². The molecule has 0 unspecified atom stereocenters. The maximum absolute atomic E-state index is 12.6. The molecule has 172 valence electrons. The van der Waals surface area contributed by atoms with Gasteiger partial charge in [0.25, 0.3) is 0 Å². The highest BCUT2D eigenvalue weighted by atomic mass is 32.1. The fourth-order valence-electron chi connectivity index (χ4n) is 3.69. The van der Waals surface area contributed by atoms with Crippen molar-refractivity contribution in [2.24, 2.45) is 0 Å². The van der Waals surface area contributed by atoms with E-state index in [1.807, 2.05) is 54.0 Å². The van der Waals surface area contributed by atoms with Crippen LogP contribution in [0.2, 0.25) is 0 Å². The molecular formula is C25H24N6O2S. The second-order valence-corrected chi connectivity index (χ2v) is 8.67. The molecule has 1 amide bonds. The molecule has 1 saturated heterocycles. The van der Waals surface area contributed by atoms with E-state index in [9.17, 15) is 4.79 Å². The molecule has 0 bridgehead atoms. The number of nitrogens with one attached hydrogen (secondary N) is 1. The first-order valence-corrected chi connectivity index (χ1v) is 11.9. The number of carbonyl (C=O) groups excluding carboxylic acids is 1. The van der Waals surface area contributed by atoms with Gasteiger partial charge >= 0.3 is 0 Å². The summed E-state index contributed by atoms with van der Waals surface area (Å²) in [6.45, 7) is 4.06. The normalized spacial score (nSPS) is 14.5. The number of aromatic nitrogens is 4. The first-order chi connectivity index (χ1) is 16.7. The van der Waals surface area contributed by atoms with Crippen LogP contribution in [0.5, 0.6) is 0 Å². The minimum atomic E-state index is -0.239. The smallest absolute Gasteiger partial charge is 0.250 e. The number of para-hydroxylation sites is 1. The van der Waals surface area contributed by atoms with E-state index in [-0.39, 0.29) is 5.91 Å². The number of pyridine rings is 1. The quantitative estimate of drug-likeness (QED) is 0.411. The van der Waals surface area contributed by atoms with Crippen molar-refractivity contribution < 1.29 is 9.53 Å². The molecule has 8 nitrogen and oxygen atoms in total. The van der Waals surface area contributed by atoms with Crippen LogP contribution < -0.4 is 5.32 Å². The molecule has 4 heterocycles. The Morgan fingerprint density at radius 1 is 1.15 bits per heavy atom. The van der Waals surface area contributed by atoms with Crippen molar-refractivity contribution in [3.8, 4) is 16.9 Å². The third-order valence-electron chi connectivity index (χ3n) is 5.38. The SMILES string of the molecule is O=C(/C=C/c1cn(-c2ccccc2)nc1-c1cccnc1)Nc1nc(CN2CCOCC2)cs1. The molecule has 0 aliphatic carbocycles. The predicted molar refractivity (Wildman–Crippen MR) is 133 cm³/mol. The van der Waals surface area contributed by atoms with Gasteiger partial charge in [0.1, 0.15) is 5.69 Å². The highest BCUT2D eigenvalue weighted by molar-refractivity contribution is 7.13. The zero-order chi connectivity index (χ0) is 23.2. The number of amides is 1. The summed E-state index contributed by atoms with van der Waals surface area (Å²) in [4.78, 5) is 23.7. The van der Waals surface area contributed by atoms with Gasteiger partial charge in [-0.1, -0.05) is 18.2 Å². The lowest BCUT2D eigenvalue weighted by atomic mass is 10.1. The van der Waals surface area contributed by atoms with Gasteiger partial charge in [-0.3, -0.25) is 20.0 Å². The number of thiazole rings is 1.